The molecular weight excluding hydrogens is 256 g/mol. The van der Waals surface area contributed by atoms with E-state index < -0.39 is 11.9 Å². The minimum absolute atomic E-state index is 0.0383. The lowest BCUT2D eigenvalue weighted by atomic mass is 9.92. The maximum absolute atomic E-state index is 12.2. The average Bonchev–Trinajstić information content (AvgIpc) is 2.36. The van der Waals surface area contributed by atoms with Crippen LogP contribution in [-0.4, -0.2) is 23.0 Å². The minimum atomic E-state index is -0.896. The van der Waals surface area contributed by atoms with Crippen LogP contribution in [0.2, 0.25) is 0 Å². The molecule has 0 aromatic heterocycles. The van der Waals surface area contributed by atoms with Gasteiger partial charge in [-0.25, -0.2) is 0 Å². The Balaban J connectivity index is 2.26. The molecule has 1 aliphatic rings. The summed E-state index contributed by atoms with van der Waals surface area (Å²) in [7, 11) is 0. The summed E-state index contributed by atoms with van der Waals surface area (Å²) in [6.07, 6.45) is 1.15. The number of rotatable bonds is 4. The zero-order valence-electron chi connectivity index (χ0n) is 12.1. The van der Waals surface area contributed by atoms with Crippen LogP contribution < -0.4 is 4.74 Å². The van der Waals surface area contributed by atoms with Gasteiger partial charge >= 0.3 is 5.97 Å². The highest BCUT2D eigenvalue weighted by atomic mass is 16.5. The van der Waals surface area contributed by atoms with Crippen molar-refractivity contribution in [2.24, 2.45) is 5.92 Å². The number of ketones is 1. The number of carbonyl (C=O) groups is 2. The van der Waals surface area contributed by atoms with Crippen molar-refractivity contribution in [1.29, 1.82) is 0 Å². The fourth-order valence-corrected chi connectivity index (χ4v) is 2.48. The van der Waals surface area contributed by atoms with Gasteiger partial charge in [-0.15, -0.1) is 0 Å². The highest BCUT2D eigenvalue weighted by Crippen LogP contribution is 2.32. The van der Waals surface area contributed by atoms with Gasteiger partial charge in [0.25, 0.3) is 0 Å². The average molecular weight is 276 g/mol. The largest absolute Gasteiger partial charge is 0.489 e. The molecule has 4 heteroatoms. The van der Waals surface area contributed by atoms with E-state index >= 15 is 0 Å². The molecule has 1 aromatic rings. The van der Waals surface area contributed by atoms with E-state index in [1.807, 2.05) is 0 Å². The summed E-state index contributed by atoms with van der Waals surface area (Å²) < 4.78 is 5.84. The van der Waals surface area contributed by atoms with Gasteiger partial charge in [0.05, 0.1) is 11.5 Å². The summed E-state index contributed by atoms with van der Waals surface area (Å²) in [5, 5.41) is 9.03. The molecule has 1 heterocycles. The Bertz CT molecular complexity index is 533. The van der Waals surface area contributed by atoms with Crippen LogP contribution in [0.1, 0.15) is 55.5 Å². The molecule has 2 unspecified atom stereocenters. The normalized spacial score (nSPS) is 19.4. The first-order valence-corrected chi connectivity index (χ1v) is 6.95. The molecule has 2 rings (SSSR count). The molecule has 2 atom stereocenters. The number of carbonyl (C=O) groups excluding carboxylic acids is 1. The van der Waals surface area contributed by atoms with Crippen molar-refractivity contribution in [3.05, 3.63) is 29.3 Å². The molecule has 0 spiro atoms. The number of hydrogen-bond acceptors (Lipinski definition) is 3. The van der Waals surface area contributed by atoms with Crippen molar-refractivity contribution in [2.45, 2.75) is 45.6 Å². The fraction of sp³-hybridized carbons (Fsp3) is 0.500. The van der Waals surface area contributed by atoms with Gasteiger partial charge in [-0.1, -0.05) is 19.9 Å². The zero-order valence-corrected chi connectivity index (χ0v) is 12.1. The second-order valence-corrected chi connectivity index (χ2v) is 5.81. The third kappa shape index (κ3) is 3.00. The van der Waals surface area contributed by atoms with Crippen molar-refractivity contribution < 1.29 is 19.4 Å². The van der Waals surface area contributed by atoms with Crippen molar-refractivity contribution >= 4 is 11.8 Å². The number of hydrogen-bond donors (Lipinski definition) is 1. The maximum atomic E-state index is 12.2. The summed E-state index contributed by atoms with van der Waals surface area (Å²) in [6, 6.07) is 5.10. The lowest BCUT2D eigenvalue weighted by molar-refractivity contribution is -0.138. The summed E-state index contributed by atoms with van der Waals surface area (Å²) in [6.45, 7) is 5.81. The van der Waals surface area contributed by atoms with Crippen LogP contribution in [0.3, 0.4) is 0 Å². The van der Waals surface area contributed by atoms with Crippen LogP contribution in [-0.2, 0) is 4.79 Å². The van der Waals surface area contributed by atoms with Crippen LogP contribution in [0, 0.1) is 5.92 Å². The van der Waals surface area contributed by atoms with Crippen LogP contribution in [0.4, 0.5) is 0 Å². The number of Topliss-reactive ketones (excluding diaryl/α,β-unsaturated/α-hetero) is 1. The van der Waals surface area contributed by atoms with E-state index in [2.05, 4.69) is 13.8 Å². The standard InChI is InChI=1S/C16H20O4/c1-9(2)6-12-8-14(17)13-7-11(10(3)16(18)19)4-5-15(13)20-12/h4-5,7,9-10,12H,6,8H2,1-3H3,(H,18,19). The molecule has 1 N–H and O–H groups in total. The van der Waals surface area contributed by atoms with Crippen molar-refractivity contribution in [2.75, 3.05) is 0 Å². The number of benzene rings is 1. The van der Waals surface area contributed by atoms with Gasteiger partial charge in [0.1, 0.15) is 11.9 Å². The SMILES string of the molecule is CC(C)CC1CC(=O)c2cc(C(C)C(=O)O)ccc2O1. The Morgan fingerprint density at radius 1 is 1.40 bits per heavy atom. The van der Waals surface area contributed by atoms with E-state index in [0.29, 0.717) is 29.2 Å². The Kier molecular flexibility index (Phi) is 4.12. The number of carboxylic acid groups (broad SMARTS) is 1. The highest BCUT2D eigenvalue weighted by molar-refractivity contribution is 6.00. The van der Waals surface area contributed by atoms with Crippen LogP contribution >= 0.6 is 0 Å². The summed E-state index contributed by atoms with van der Waals surface area (Å²) in [4.78, 5) is 23.2. The van der Waals surface area contributed by atoms with Crippen LogP contribution in [0.15, 0.2) is 18.2 Å². The molecule has 4 nitrogen and oxygen atoms in total. The molecule has 1 aromatic carbocycles. The van der Waals surface area contributed by atoms with Crippen LogP contribution in [0.5, 0.6) is 5.75 Å². The van der Waals surface area contributed by atoms with Crippen molar-refractivity contribution in [1.82, 2.24) is 0 Å². The highest BCUT2D eigenvalue weighted by Gasteiger charge is 2.28. The molecule has 0 bridgehead atoms. The van der Waals surface area contributed by atoms with Gasteiger partial charge in [-0.05, 0) is 37.0 Å². The molecule has 0 amide bonds. The van der Waals surface area contributed by atoms with Gasteiger partial charge in [0.2, 0.25) is 0 Å². The number of carboxylic acids is 1. The zero-order chi connectivity index (χ0) is 14.9. The van der Waals surface area contributed by atoms with Gasteiger partial charge < -0.3 is 9.84 Å². The Labute approximate surface area is 118 Å². The first kappa shape index (κ1) is 14.6. The fourth-order valence-electron chi connectivity index (χ4n) is 2.48. The Morgan fingerprint density at radius 3 is 2.70 bits per heavy atom. The number of ether oxygens (including phenoxy) is 1. The quantitative estimate of drug-likeness (QED) is 0.916. The monoisotopic (exact) mass is 276 g/mol. The second kappa shape index (κ2) is 5.65. The van der Waals surface area contributed by atoms with E-state index in [4.69, 9.17) is 9.84 Å². The Morgan fingerprint density at radius 2 is 2.10 bits per heavy atom. The molecule has 1 aliphatic heterocycles. The number of fused-ring (bicyclic) bond motifs is 1. The van der Waals surface area contributed by atoms with Crippen molar-refractivity contribution in [3.63, 3.8) is 0 Å². The number of aliphatic carboxylic acids is 1. The van der Waals surface area contributed by atoms with Gasteiger partial charge in [-0.3, -0.25) is 9.59 Å². The minimum Gasteiger partial charge on any atom is -0.489 e. The van der Waals surface area contributed by atoms with Crippen LogP contribution in [0.25, 0.3) is 0 Å². The molecular formula is C16H20O4. The molecule has 0 saturated heterocycles. The molecule has 0 aliphatic carbocycles. The summed E-state index contributed by atoms with van der Waals surface area (Å²) in [5.41, 5.74) is 1.14. The third-order valence-corrected chi connectivity index (χ3v) is 3.62. The molecule has 108 valence electrons. The molecule has 0 radical (unpaired) electrons. The summed E-state index contributed by atoms with van der Waals surface area (Å²) in [5.74, 6) is -0.432. The first-order valence-electron chi connectivity index (χ1n) is 6.95. The first-order chi connectivity index (χ1) is 9.38. The van der Waals surface area contributed by atoms with E-state index in [9.17, 15) is 9.59 Å². The molecule has 20 heavy (non-hydrogen) atoms. The molecule has 0 saturated carbocycles. The smallest absolute Gasteiger partial charge is 0.310 e. The van der Waals surface area contributed by atoms with Gasteiger partial charge in [0, 0.05) is 6.42 Å². The van der Waals surface area contributed by atoms with E-state index in [0.717, 1.165) is 6.42 Å². The van der Waals surface area contributed by atoms with Crippen molar-refractivity contribution in [3.8, 4) is 5.75 Å². The lowest BCUT2D eigenvalue weighted by Gasteiger charge is -2.27. The predicted octanol–water partition coefficient (Wildman–Crippen LogP) is 3.25. The van der Waals surface area contributed by atoms with E-state index in [-0.39, 0.29) is 11.9 Å². The van der Waals surface area contributed by atoms with Gasteiger partial charge in [-0.2, -0.15) is 0 Å². The lowest BCUT2D eigenvalue weighted by Crippen LogP contribution is -2.28. The molecule has 0 fully saturated rings. The van der Waals surface area contributed by atoms with E-state index in [1.54, 1.807) is 25.1 Å². The van der Waals surface area contributed by atoms with E-state index in [1.165, 1.54) is 0 Å². The second-order valence-electron chi connectivity index (χ2n) is 5.81. The predicted molar refractivity (Wildman–Crippen MR) is 75.3 cm³/mol. The topological polar surface area (TPSA) is 63.6 Å². The Hall–Kier alpha value is -1.84. The van der Waals surface area contributed by atoms with Gasteiger partial charge in [0.15, 0.2) is 5.78 Å². The summed E-state index contributed by atoms with van der Waals surface area (Å²) >= 11 is 0. The third-order valence-electron chi connectivity index (χ3n) is 3.62. The maximum Gasteiger partial charge on any atom is 0.310 e.